The molecule has 5 heteroatoms. The first-order valence-electron chi connectivity index (χ1n) is 6.34. The first-order chi connectivity index (χ1) is 8.60. The first-order valence-corrected chi connectivity index (χ1v) is 7.92. The van der Waals surface area contributed by atoms with Crippen LogP contribution >= 0.6 is 31.9 Å². The predicted molar refractivity (Wildman–Crippen MR) is 81.3 cm³/mol. The molecule has 2 N–H and O–H groups in total. The number of nitrogens with zero attached hydrogens (tertiary/aromatic N) is 2. The quantitative estimate of drug-likeness (QED) is 0.880. The summed E-state index contributed by atoms with van der Waals surface area (Å²) >= 11 is 7.01. The molecule has 1 aliphatic heterocycles. The van der Waals surface area contributed by atoms with E-state index in [1.165, 1.54) is 12.8 Å². The highest BCUT2D eigenvalue weighted by Gasteiger charge is 2.25. The summed E-state index contributed by atoms with van der Waals surface area (Å²) in [6.45, 7) is 5.04. The van der Waals surface area contributed by atoms with Gasteiger partial charge in [-0.2, -0.15) is 0 Å². The average Bonchev–Trinajstić information content (AvgIpc) is 2.34. The summed E-state index contributed by atoms with van der Waals surface area (Å²) in [4.78, 5) is 6.94. The van der Waals surface area contributed by atoms with E-state index >= 15 is 0 Å². The van der Waals surface area contributed by atoms with Gasteiger partial charge in [-0.25, -0.2) is 0 Å². The summed E-state index contributed by atoms with van der Waals surface area (Å²) in [6.07, 6.45) is 4.30. The second kappa shape index (κ2) is 6.46. The van der Waals surface area contributed by atoms with Gasteiger partial charge in [-0.05, 0) is 63.2 Å². The normalized spacial score (nSPS) is 25.3. The van der Waals surface area contributed by atoms with Crippen LogP contribution in [-0.4, -0.2) is 29.0 Å². The Morgan fingerprint density at radius 2 is 2.28 bits per heavy atom. The highest BCUT2D eigenvalue weighted by Crippen LogP contribution is 2.26. The van der Waals surface area contributed by atoms with Crippen LogP contribution in [0.4, 0.5) is 0 Å². The molecule has 2 rings (SSSR count). The van der Waals surface area contributed by atoms with Crippen molar-refractivity contribution in [3.05, 3.63) is 26.9 Å². The molecular weight excluding hydrogens is 358 g/mol. The second-order valence-corrected chi connectivity index (χ2v) is 6.84. The van der Waals surface area contributed by atoms with Gasteiger partial charge in [0.25, 0.3) is 0 Å². The van der Waals surface area contributed by atoms with Crippen molar-refractivity contribution >= 4 is 31.9 Å². The van der Waals surface area contributed by atoms with Gasteiger partial charge in [0, 0.05) is 34.3 Å². The largest absolute Gasteiger partial charge is 0.329 e. The van der Waals surface area contributed by atoms with Crippen molar-refractivity contribution in [1.82, 2.24) is 9.88 Å². The van der Waals surface area contributed by atoms with E-state index < -0.39 is 0 Å². The predicted octanol–water partition coefficient (Wildman–Crippen LogP) is 3.17. The molecule has 100 valence electrons. The van der Waals surface area contributed by atoms with Crippen molar-refractivity contribution in [2.75, 3.05) is 13.1 Å². The number of pyridine rings is 1. The summed E-state index contributed by atoms with van der Waals surface area (Å²) in [5, 5.41) is 0. The van der Waals surface area contributed by atoms with E-state index in [1.54, 1.807) is 0 Å². The molecule has 2 heterocycles. The minimum absolute atomic E-state index is 0.492. The second-order valence-electron chi connectivity index (χ2n) is 5.07. The van der Waals surface area contributed by atoms with Crippen LogP contribution in [0.3, 0.4) is 0 Å². The number of aromatic nitrogens is 1. The van der Waals surface area contributed by atoms with Crippen molar-refractivity contribution in [1.29, 1.82) is 0 Å². The molecule has 1 aromatic rings. The number of halogens is 2. The van der Waals surface area contributed by atoms with Crippen molar-refractivity contribution < 1.29 is 0 Å². The third-order valence-electron chi connectivity index (χ3n) is 3.61. The zero-order valence-corrected chi connectivity index (χ0v) is 13.7. The highest BCUT2D eigenvalue weighted by atomic mass is 79.9. The number of piperidine rings is 1. The molecule has 0 spiro atoms. The molecule has 0 amide bonds. The monoisotopic (exact) mass is 375 g/mol. The minimum Gasteiger partial charge on any atom is -0.329 e. The molecule has 1 aromatic heterocycles. The van der Waals surface area contributed by atoms with E-state index in [-0.39, 0.29) is 0 Å². The molecular formula is C13H19Br2N3. The number of likely N-dealkylation sites (tertiary alicyclic amines) is 1. The lowest BCUT2D eigenvalue weighted by Crippen LogP contribution is -2.45. The Morgan fingerprint density at radius 1 is 1.50 bits per heavy atom. The van der Waals surface area contributed by atoms with E-state index in [9.17, 15) is 0 Å². The van der Waals surface area contributed by atoms with Gasteiger partial charge in [0.1, 0.15) is 0 Å². The van der Waals surface area contributed by atoms with E-state index in [0.717, 1.165) is 40.2 Å². The molecule has 1 fully saturated rings. The third kappa shape index (κ3) is 3.53. The summed E-state index contributed by atoms with van der Waals surface area (Å²) in [7, 11) is 0. The first kappa shape index (κ1) is 14.4. The number of nitrogens with two attached hydrogens (primary N) is 1. The zero-order valence-electron chi connectivity index (χ0n) is 10.6. The summed E-state index contributed by atoms with van der Waals surface area (Å²) < 4.78 is 2.06. The van der Waals surface area contributed by atoms with Crippen LogP contribution in [-0.2, 0) is 6.54 Å². The molecule has 1 aliphatic rings. The summed E-state index contributed by atoms with van der Waals surface area (Å²) in [6, 6.07) is 2.54. The molecule has 0 aliphatic carbocycles. The van der Waals surface area contributed by atoms with E-state index in [2.05, 4.69) is 48.7 Å². The Morgan fingerprint density at radius 3 is 2.94 bits per heavy atom. The van der Waals surface area contributed by atoms with E-state index in [0.29, 0.717) is 6.04 Å². The van der Waals surface area contributed by atoms with Crippen molar-refractivity contribution in [2.24, 2.45) is 11.7 Å². The van der Waals surface area contributed by atoms with Gasteiger partial charge in [0.15, 0.2) is 0 Å². The molecule has 0 aromatic carbocycles. The topological polar surface area (TPSA) is 42.2 Å². The SMILES string of the molecule is CC1CCN(Cc2ncc(Br)cc2Br)C(CN)C1. The van der Waals surface area contributed by atoms with E-state index in [4.69, 9.17) is 5.73 Å². The van der Waals surface area contributed by atoms with Crippen LogP contribution in [0.25, 0.3) is 0 Å². The summed E-state index contributed by atoms with van der Waals surface area (Å²) in [5.41, 5.74) is 6.98. The Labute approximate surface area is 125 Å². The number of rotatable bonds is 3. The van der Waals surface area contributed by atoms with Gasteiger partial charge >= 0.3 is 0 Å². The number of hydrogen-bond donors (Lipinski definition) is 1. The van der Waals surface area contributed by atoms with Gasteiger partial charge in [-0.15, -0.1) is 0 Å². The third-order valence-corrected chi connectivity index (χ3v) is 4.73. The van der Waals surface area contributed by atoms with Crippen LogP contribution in [0.15, 0.2) is 21.2 Å². The Hall–Kier alpha value is 0.0300. The molecule has 0 radical (unpaired) electrons. The van der Waals surface area contributed by atoms with Crippen LogP contribution < -0.4 is 5.73 Å². The van der Waals surface area contributed by atoms with Crippen LogP contribution in [0, 0.1) is 5.92 Å². The lowest BCUT2D eigenvalue weighted by molar-refractivity contribution is 0.113. The molecule has 0 saturated carbocycles. The van der Waals surface area contributed by atoms with Gasteiger partial charge in [-0.1, -0.05) is 6.92 Å². The highest BCUT2D eigenvalue weighted by molar-refractivity contribution is 9.11. The Balaban J connectivity index is 2.07. The maximum Gasteiger partial charge on any atom is 0.0686 e. The Kier molecular flexibility index (Phi) is 5.18. The van der Waals surface area contributed by atoms with Crippen molar-refractivity contribution in [3.63, 3.8) is 0 Å². The van der Waals surface area contributed by atoms with Crippen LogP contribution in [0.1, 0.15) is 25.5 Å². The fourth-order valence-electron chi connectivity index (χ4n) is 2.51. The van der Waals surface area contributed by atoms with Crippen LogP contribution in [0.5, 0.6) is 0 Å². The number of hydrogen-bond acceptors (Lipinski definition) is 3. The molecule has 18 heavy (non-hydrogen) atoms. The average molecular weight is 377 g/mol. The lowest BCUT2D eigenvalue weighted by atomic mass is 9.92. The molecule has 2 atom stereocenters. The van der Waals surface area contributed by atoms with E-state index in [1.807, 2.05) is 12.3 Å². The molecule has 0 bridgehead atoms. The lowest BCUT2D eigenvalue weighted by Gasteiger charge is -2.37. The van der Waals surface area contributed by atoms with Gasteiger partial charge in [0.2, 0.25) is 0 Å². The molecule has 1 saturated heterocycles. The standard InChI is InChI=1S/C13H19Br2N3/c1-9-2-3-18(11(4-9)6-16)8-13-12(15)5-10(14)7-17-13/h5,7,9,11H,2-4,6,8,16H2,1H3. The smallest absolute Gasteiger partial charge is 0.0686 e. The summed E-state index contributed by atoms with van der Waals surface area (Å²) in [5.74, 6) is 0.788. The Bertz CT molecular complexity index is 411. The maximum absolute atomic E-state index is 5.89. The molecule has 3 nitrogen and oxygen atoms in total. The van der Waals surface area contributed by atoms with Crippen molar-refractivity contribution in [3.8, 4) is 0 Å². The minimum atomic E-state index is 0.492. The fraction of sp³-hybridized carbons (Fsp3) is 0.615. The molecule has 2 unspecified atom stereocenters. The van der Waals surface area contributed by atoms with Gasteiger partial charge in [-0.3, -0.25) is 9.88 Å². The fourth-order valence-corrected chi connectivity index (χ4v) is 3.62. The maximum atomic E-state index is 5.89. The van der Waals surface area contributed by atoms with Crippen molar-refractivity contribution in [2.45, 2.75) is 32.4 Å². The zero-order chi connectivity index (χ0) is 13.1. The van der Waals surface area contributed by atoms with Gasteiger partial charge < -0.3 is 5.73 Å². The van der Waals surface area contributed by atoms with Gasteiger partial charge in [0.05, 0.1) is 5.69 Å². The van der Waals surface area contributed by atoms with Crippen LogP contribution in [0.2, 0.25) is 0 Å².